The van der Waals surface area contributed by atoms with Gasteiger partial charge in [0.1, 0.15) is 17.2 Å². The highest BCUT2D eigenvalue weighted by Gasteiger charge is 2.32. The van der Waals surface area contributed by atoms with Gasteiger partial charge in [0.25, 0.3) is 0 Å². The van der Waals surface area contributed by atoms with Gasteiger partial charge in [0.15, 0.2) is 0 Å². The summed E-state index contributed by atoms with van der Waals surface area (Å²) in [7, 11) is 0. The number of carboxylic acids is 1. The van der Waals surface area contributed by atoms with Crippen molar-refractivity contribution in [3.8, 4) is 0 Å². The molecule has 7 N–H and O–H groups in total. The fourth-order valence-corrected chi connectivity index (χ4v) is 5.09. The van der Waals surface area contributed by atoms with Crippen molar-refractivity contribution in [2.45, 2.75) is 47.0 Å². The monoisotopic (exact) mass is 384 g/mol. The Morgan fingerprint density at radius 2 is 1.79 bits per heavy atom. The van der Waals surface area contributed by atoms with Crippen LogP contribution in [-0.2, 0) is 6.42 Å². The van der Waals surface area contributed by atoms with E-state index in [0.717, 1.165) is 29.2 Å². The largest absolute Gasteiger partial charge is 0.478 e. The van der Waals surface area contributed by atoms with Crippen LogP contribution in [0.4, 0.5) is 11.6 Å². The fourth-order valence-electron chi connectivity index (χ4n) is 5.09. The summed E-state index contributed by atoms with van der Waals surface area (Å²) >= 11 is 0. The van der Waals surface area contributed by atoms with E-state index >= 15 is 0 Å². The molecule has 1 saturated carbocycles. The topological polar surface area (TPSA) is 121 Å². The summed E-state index contributed by atoms with van der Waals surface area (Å²) in [5, 5.41) is 10.3. The van der Waals surface area contributed by atoms with Crippen LogP contribution in [0.25, 0.3) is 12.7 Å². The van der Waals surface area contributed by atoms with Crippen molar-refractivity contribution in [3.63, 3.8) is 0 Å². The number of nitrogens with two attached hydrogens (primary N) is 2. The molecule has 1 aliphatic carbocycles. The quantitative estimate of drug-likeness (QED) is 0.556. The number of carbonyl (C=O) groups is 1. The van der Waals surface area contributed by atoms with Gasteiger partial charge in [-0.25, -0.2) is 4.79 Å². The molecule has 0 bridgehead atoms. The lowest BCUT2D eigenvalue weighted by molar-refractivity contribution is 0.0697. The van der Waals surface area contributed by atoms with Gasteiger partial charge in [0.05, 0.1) is 0 Å². The van der Waals surface area contributed by atoms with Crippen LogP contribution in [0.15, 0.2) is 0 Å². The van der Waals surface area contributed by atoms with Crippen LogP contribution >= 0.6 is 0 Å². The van der Waals surface area contributed by atoms with Crippen molar-refractivity contribution in [1.82, 2.24) is 9.97 Å². The van der Waals surface area contributed by atoms with E-state index in [0.29, 0.717) is 34.1 Å². The van der Waals surface area contributed by atoms with Gasteiger partial charge in [-0.1, -0.05) is 27.4 Å². The van der Waals surface area contributed by atoms with E-state index in [9.17, 15) is 9.90 Å². The summed E-state index contributed by atoms with van der Waals surface area (Å²) in [6.07, 6.45) is 5.33. The predicted octanol–water partition coefficient (Wildman–Crippen LogP) is 2.61. The molecule has 2 heterocycles. The first-order valence-electron chi connectivity index (χ1n) is 9.98. The Morgan fingerprint density at radius 3 is 2.32 bits per heavy atom. The number of H-pyrrole nitrogens is 2. The Bertz CT molecular complexity index is 989. The number of hydrogen-bond acceptors (Lipinski definition) is 3. The van der Waals surface area contributed by atoms with E-state index in [1.165, 1.54) is 12.8 Å². The average molecular weight is 385 g/mol. The molecule has 6 heteroatoms. The standard InChI is InChI=1S/C22H32N4O2/c1-10-6-11(2)15(12(3)7-10)8-16-13(4)17(25-20(16)23)9-18-14(5)19(22(27)28)21(24)26-18/h9-12,15,25-26H,5-8,23-24H2,1-4H3,(H,27,28)/b18-9-. The molecular formula is C22H32N4O2. The summed E-state index contributed by atoms with van der Waals surface area (Å²) in [5.74, 6) is 2.46. The molecule has 28 heavy (non-hydrogen) atoms. The highest BCUT2D eigenvalue weighted by molar-refractivity contribution is 5.93. The number of hydrogen-bond donors (Lipinski definition) is 5. The number of aromatic carboxylic acids is 1. The molecule has 0 saturated heterocycles. The number of aromatic nitrogens is 2. The minimum Gasteiger partial charge on any atom is -0.478 e. The molecule has 1 aliphatic rings. The maximum atomic E-state index is 11.4. The number of anilines is 2. The molecule has 0 spiro atoms. The third-order valence-corrected chi connectivity index (χ3v) is 6.57. The van der Waals surface area contributed by atoms with Crippen molar-refractivity contribution >= 4 is 30.3 Å². The second kappa shape index (κ2) is 7.41. The van der Waals surface area contributed by atoms with Crippen molar-refractivity contribution < 1.29 is 9.90 Å². The first kappa shape index (κ1) is 20.1. The number of nitrogens with one attached hydrogen (secondary N) is 2. The minimum absolute atomic E-state index is 0.0163. The summed E-state index contributed by atoms with van der Waals surface area (Å²) < 4.78 is 0. The van der Waals surface area contributed by atoms with Crippen LogP contribution in [0.3, 0.4) is 0 Å². The number of rotatable bonds is 4. The highest BCUT2D eigenvalue weighted by atomic mass is 16.4. The molecule has 2 unspecified atom stereocenters. The van der Waals surface area contributed by atoms with Crippen LogP contribution < -0.4 is 22.0 Å². The van der Waals surface area contributed by atoms with E-state index < -0.39 is 5.97 Å². The predicted molar refractivity (Wildman–Crippen MR) is 114 cm³/mol. The van der Waals surface area contributed by atoms with Crippen LogP contribution in [0, 0.1) is 30.6 Å². The normalized spacial score (nSPS) is 25.9. The van der Waals surface area contributed by atoms with E-state index in [1.54, 1.807) is 0 Å². The molecule has 2 aromatic heterocycles. The molecule has 0 amide bonds. The zero-order valence-corrected chi connectivity index (χ0v) is 17.2. The number of aromatic amines is 2. The summed E-state index contributed by atoms with van der Waals surface area (Å²) in [5.41, 5.74) is 15.3. The van der Waals surface area contributed by atoms with E-state index in [2.05, 4.69) is 44.2 Å². The smallest absolute Gasteiger partial charge is 0.340 e. The SMILES string of the molecule is C=c1c(C(=O)O)c(N)[nH]/c1=C\c1[nH]c(N)c(CC2C(C)CC(C)CC2C)c1C. The molecule has 2 aromatic rings. The maximum absolute atomic E-state index is 11.4. The fraction of sp³-hybridized carbons (Fsp3) is 0.500. The lowest BCUT2D eigenvalue weighted by Gasteiger charge is -2.38. The lowest BCUT2D eigenvalue weighted by Crippen LogP contribution is -2.30. The van der Waals surface area contributed by atoms with Crippen molar-refractivity contribution in [2.75, 3.05) is 11.5 Å². The molecule has 152 valence electrons. The lowest BCUT2D eigenvalue weighted by atomic mass is 9.67. The molecule has 1 fully saturated rings. The van der Waals surface area contributed by atoms with Crippen LogP contribution in [0.5, 0.6) is 0 Å². The van der Waals surface area contributed by atoms with E-state index in [4.69, 9.17) is 11.5 Å². The van der Waals surface area contributed by atoms with Crippen molar-refractivity contribution in [1.29, 1.82) is 0 Å². The van der Waals surface area contributed by atoms with Gasteiger partial charge in [-0.15, -0.1) is 0 Å². The van der Waals surface area contributed by atoms with E-state index in [1.807, 2.05) is 6.08 Å². The Labute approximate surface area is 165 Å². The first-order chi connectivity index (χ1) is 13.1. The Balaban J connectivity index is 1.96. The van der Waals surface area contributed by atoms with Gasteiger partial charge in [0, 0.05) is 16.3 Å². The molecule has 6 nitrogen and oxygen atoms in total. The van der Waals surface area contributed by atoms with Gasteiger partial charge in [-0.05, 0) is 67.1 Å². The zero-order valence-electron chi connectivity index (χ0n) is 17.2. The van der Waals surface area contributed by atoms with Crippen molar-refractivity contribution in [2.24, 2.45) is 23.7 Å². The van der Waals surface area contributed by atoms with Gasteiger partial charge in [0.2, 0.25) is 0 Å². The third kappa shape index (κ3) is 3.55. The Kier molecular flexibility index (Phi) is 5.33. The third-order valence-electron chi connectivity index (χ3n) is 6.57. The van der Waals surface area contributed by atoms with Gasteiger partial charge >= 0.3 is 5.97 Å². The Morgan fingerprint density at radius 1 is 1.18 bits per heavy atom. The Hall–Kier alpha value is -2.63. The van der Waals surface area contributed by atoms with Gasteiger partial charge in [-0.3, -0.25) is 0 Å². The molecule has 0 aromatic carbocycles. The van der Waals surface area contributed by atoms with Gasteiger partial charge < -0.3 is 26.5 Å². The minimum atomic E-state index is -1.09. The van der Waals surface area contributed by atoms with Crippen molar-refractivity contribution in [3.05, 3.63) is 33.0 Å². The second-order valence-electron chi connectivity index (χ2n) is 8.71. The molecule has 0 radical (unpaired) electrons. The molecular weight excluding hydrogens is 352 g/mol. The maximum Gasteiger partial charge on any atom is 0.340 e. The first-order valence-corrected chi connectivity index (χ1v) is 9.98. The second-order valence-corrected chi connectivity index (χ2v) is 8.71. The van der Waals surface area contributed by atoms with Crippen LogP contribution in [0.1, 0.15) is 60.8 Å². The van der Waals surface area contributed by atoms with Crippen LogP contribution in [0.2, 0.25) is 0 Å². The molecule has 0 aliphatic heterocycles. The summed E-state index contributed by atoms with van der Waals surface area (Å²) in [6, 6.07) is 0. The molecule has 3 rings (SSSR count). The summed E-state index contributed by atoms with van der Waals surface area (Å²) in [6.45, 7) is 13.0. The van der Waals surface area contributed by atoms with E-state index in [-0.39, 0.29) is 11.4 Å². The summed E-state index contributed by atoms with van der Waals surface area (Å²) in [4.78, 5) is 17.5. The zero-order chi connectivity index (χ0) is 20.7. The number of nitrogen functional groups attached to an aromatic ring is 2. The molecule has 2 atom stereocenters. The van der Waals surface area contributed by atoms with Crippen LogP contribution in [-0.4, -0.2) is 21.0 Å². The number of carboxylic acid groups (broad SMARTS) is 1. The average Bonchev–Trinajstić information content (AvgIpc) is 3.00. The van der Waals surface area contributed by atoms with Gasteiger partial charge in [-0.2, -0.15) is 0 Å². The highest BCUT2D eigenvalue weighted by Crippen LogP contribution is 2.40.